The number of hydrogen-bond donors (Lipinski definition) is 1. The third-order valence-electron chi connectivity index (χ3n) is 4.36. The summed E-state index contributed by atoms with van der Waals surface area (Å²) in [5.41, 5.74) is 0.499. The molecule has 1 unspecified atom stereocenters. The highest BCUT2D eigenvalue weighted by molar-refractivity contribution is 7.99. The van der Waals surface area contributed by atoms with Gasteiger partial charge in [-0.3, -0.25) is 0 Å². The Hall–Kier alpha value is 0.270. The van der Waals surface area contributed by atoms with Crippen LogP contribution in [0.15, 0.2) is 0 Å². The van der Waals surface area contributed by atoms with Crippen molar-refractivity contribution in [3.05, 3.63) is 0 Å². The van der Waals surface area contributed by atoms with Crippen molar-refractivity contribution in [3.63, 3.8) is 0 Å². The lowest BCUT2D eigenvalue weighted by atomic mass is 9.82. The molecule has 2 aliphatic rings. The molecule has 0 bridgehead atoms. The zero-order valence-electron chi connectivity index (χ0n) is 11.5. The molecule has 2 fully saturated rings. The zero-order valence-corrected chi connectivity index (χ0v) is 12.3. The van der Waals surface area contributed by atoms with Crippen LogP contribution in [-0.2, 0) is 0 Å². The molecule has 0 aromatic carbocycles. The van der Waals surface area contributed by atoms with Crippen LogP contribution in [-0.4, -0.2) is 48.6 Å². The second-order valence-electron chi connectivity index (χ2n) is 6.22. The minimum atomic E-state index is 0.499. The van der Waals surface area contributed by atoms with E-state index in [0.717, 1.165) is 6.04 Å². The van der Waals surface area contributed by atoms with Crippen LogP contribution in [0.4, 0.5) is 0 Å². The van der Waals surface area contributed by atoms with Crippen molar-refractivity contribution in [1.29, 1.82) is 0 Å². The van der Waals surface area contributed by atoms with Crippen molar-refractivity contribution in [2.24, 2.45) is 5.41 Å². The molecule has 0 radical (unpaired) electrons. The SMILES string of the molecule is CC1(C)CCSCC1NCCCN1CCCC1. The summed E-state index contributed by atoms with van der Waals surface area (Å²) in [4.78, 5) is 2.61. The highest BCUT2D eigenvalue weighted by atomic mass is 32.2. The molecule has 0 aromatic rings. The molecule has 1 atom stereocenters. The summed E-state index contributed by atoms with van der Waals surface area (Å²) < 4.78 is 0. The van der Waals surface area contributed by atoms with Crippen LogP contribution in [0.2, 0.25) is 0 Å². The molecule has 2 aliphatic heterocycles. The van der Waals surface area contributed by atoms with E-state index in [0.29, 0.717) is 5.41 Å². The van der Waals surface area contributed by atoms with Crippen LogP contribution < -0.4 is 5.32 Å². The standard InChI is InChI=1S/C14H28N2S/c1-14(2)6-11-17-12-13(14)15-7-5-10-16-8-3-4-9-16/h13,15H,3-12H2,1-2H3. The van der Waals surface area contributed by atoms with Gasteiger partial charge in [0.25, 0.3) is 0 Å². The van der Waals surface area contributed by atoms with E-state index in [-0.39, 0.29) is 0 Å². The molecular formula is C14H28N2S. The monoisotopic (exact) mass is 256 g/mol. The lowest BCUT2D eigenvalue weighted by Gasteiger charge is -2.39. The Balaban J connectivity index is 1.60. The molecule has 2 heterocycles. The number of likely N-dealkylation sites (tertiary alicyclic amines) is 1. The quantitative estimate of drug-likeness (QED) is 0.761. The van der Waals surface area contributed by atoms with Crippen molar-refractivity contribution >= 4 is 11.8 Å². The van der Waals surface area contributed by atoms with E-state index in [4.69, 9.17) is 0 Å². The fraction of sp³-hybridized carbons (Fsp3) is 1.00. The Morgan fingerprint density at radius 1 is 1.29 bits per heavy atom. The average molecular weight is 256 g/mol. The molecular weight excluding hydrogens is 228 g/mol. The first-order valence-corrected chi connectivity index (χ1v) is 8.37. The maximum absolute atomic E-state index is 3.79. The topological polar surface area (TPSA) is 15.3 Å². The Morgan fingerprint density at radius 3 is 2.76 bits per heavy atom. The van der Waals surface area contributed by atoms with Crippen molar-refractivity contribution in [3.8, 4) is 0 Å². The first-order valence-electron chi connectivity index (χ1n) is 7.22. The van der Waals surface area contributed by atoms with Crippen LogP contribution >= 0.6 is 11.8 Å². The largest absolute Gasteiger partial charge is 0.313 e. The number of thioether (sulfide) groups is 1. The summed E-state index contributed by atoms with van der Waals surface area (Å²) >= 11 is 2.12. The fourth-order valence-electron chi connectivity index (χ4n) is 2.86. The van der Waals surface area contributed by atoms with E-state index in [1.165, 1.54) is 63.4 Å². The Bertz CT molecular complexity index is 224. The summed E-state index contributed by atoms with van der Waals surface area (Å²) in [6, 6.07) is 0.722. The molecule has 17 heavy (non-hydrogen) atoms. The van der Waals surface area contributed by atoms with Gasteiger partial charge in [0.15, 0.2) is 0 Å². The summed E-state index contributed by atoms with van der Waals surface area (Å²) in [6.07, 6.45) is 5.51. The number of rotatable bonds is 5. The summed E-state index contributed by atoms with van der Waals surface area (Å²) in [7, 11) is 0. The van der Waals surface area contributed by atoms with Gasteiger partial charge in [0.05, 0.1) is 0 Å². The van der Waals surface area contributed by atoms with Crippen LogP contribution in [0.3, 0.4) is 0 Å². The Labute approximate surface area is 111 Å². The van der Waals surface area contributed by atoms with Gasteiger partial charge in [-0.25, -0.2) is 0 Å². The fourth-order valence-corrected chi connectivity index (χ4v) is 4.50. The van der Waals surface area contributed by atoms with E-state index in [1.807, 2.05) is 0 Å². The van der Waals surface area contributed by atoms with Crippen molar-refractivity contribution < 1.29 is 0 Å². The molecule has 0 spiro atoms. The van der Waals surface area contributed by atoms with Crippen LogP contribution in [0.1, 0.15) is 39.5 Å². The van der Waals surface area contributed by atoms with Gasteiger partial charge in [-0.1, -0.05) is 13.8 Å². The normalized spacial score (nSPS) is 29.6. The van der Waals surface area contributed by atoms with E-state index in [1.54, 1.807) is 0 Å². The molecule has 2 saturated heterocycles. The van der Waals surface area contributed by atoms with Crippen molar-refractivity contribution in [1.82, 2.24) is 10.2 Å². The first kappa shape index (κ1) is 13.7. The maximum atomic E-state index is 3.79. The van der Waals surface area contributed by atoms with Gasteiger partial charge in [0.1, 0.15) is 0 Å². The molecule has 0 amide bonds. The lowest BCUT2D eigenvalue weighted by Crippen LogP contribution is -2.47. The average Bonchev–Trinajstić information content (AvgIpc) is 2.79. The van der Waals surface area contributed by atoms with Crippen molar-refractivity contribution in [2.45, 2.75) is 45.6 Å². The molecule has 0 saturated carbocycles. The van der Waals surface area contributed by atoms with Crippen molar-refractivity contribution in [2.75, 3.05) is 37.7 Å². The van der Waals surface area contributed by atoms with Gasteiger partial charge in [0, 0.05) is 11.8 Å². The number of hydrogen-bond acceptors (Lipinski definition) is 3. The Morgan fingerprint density at radius 2 is 2.06 bits per heavy atom. The highest BCUT2D eigenvalue weighted by Gasteiger charge is 2.31. The van der Waals surface area contributed by atoms with Crippen LogP contribution in [0.25, 0.3) is 0 Å². The van der Waals surface area contributed by atoms with E-state index >= 15 is 0 Å². The third kappa shape index (κ3) is 4.15. The third-order valence-corrected chi connectivity index (χ3v) is 5.42. The van der Waals surface area contributed by atoms with Gasteiger partial charge >= 0.3 is 0 Å². The summed E-state index contributed by atoms with van der Waals surface area (Å²) in [5.74, 6) is 2.65. The van der Waals surface area contributed by atoms with Gasteiger partial charge in [-0.2, -0.15) is 11.8 Å². The van der Waals surface area contributed by atoms with Gasteiger partial charge in [-0.05, 0) is 63.0 Å². The van der Waals surface area contributed by atoms with Gasteiger partial charge in [-0.15, -0.1) is 0 Å². The second kappa shape index (κ2) is 6.44. The van der Waals surface area contributed by atoms with E-state index in [2.05, 4.69) is 35.8 Å². The second-order valence-corrected chi connectivity index (χ2v) is 7.37. The first-order chi connectivity index (χ1) is 8.18. The Kier molecular flexibility index (Phi) is 5.19. The molecule has 0 aliphatic carbocycles. The predicted molar refractivity (Wildman–Crippen MR) is 77.8 cm³/mol. The van der Waals surface area contributed by atoms with Crippen LogP contribution in [0, 0.1) is 5.41 Å². The summed E-state index contributed by atoms with van der Waals surface area (Å²) in [5, 5.41) is 3.79. The van der Waals surface area contributed by atoms with Gasteiger partial charge < -0.3 is 10.2 Å². The minimum absolute atomic E-state index is 0.499. The molecule has 1 N–H and O–H groups in total. The van der Waals surface area contributed by atoms with E-state index in [9.17, 15) is 0 Å². The van der Waals surface area contributed by atoms with Crippen LogP contribution in [0.5, 0.6) is 0 Å². The highest BCUT2D eigenvalue weighted by Crippen LogP contribution is 2.33. The number of nitrogens with one attached hydrogen (secondary N) is 1. The predicted octanol–water partition coefficient (Wildman–Crippen LogP) is 2.59. The van der Waals surface area contributed by atoms with E-state index < -0.39 is 0 Å². The molecule has 3 heteroatoms. The molecule has 0 aromatic heterocycles. The summed E-state index contributed by atoms with van der Waals surface area (Å²) in [6.45, 7) is 10.0. The minimum Gasteiger partial charge on any atom is -0.313 e. The molecule has 2 nitrogen and oxygen atoms in total. The zero-order chi connectivity index (χ0) is 12.1. The lowest BCUT2D eigenvalue weighted by molar-refractivity contribution is 0.241. The smallest absolute Gasteiger partial charge is 0.0209 e. The molecule has 2 rings (SSSR count). The maximum Gasteiger partial charge on any atom is 0.0209 e. The van der Waals surface area contributed by atoms with Gasteiger partial charge in [0.2, 0.25) is 0 Å². The molecule has 100 valence electrons. The number of nitrogens with zero attached hydrogens (tertiary/aromatic N) is 1.